The third-order valence-electron chi connectivity index (χ3n) is 6.27. The van der Waals surface area contributed by atoms with Gasteiger partial charge in [-0.3, -0.25) is 9.59 Å². The van der Waals surface area contributed by atoms with Crippen LogP contribution in [0.15, 0.2) is 60.8 Å². The summed E-state index contributed by atoms with van der Waals surface area (Å²) in [4.78, 5) is 36.8. The quantitative estimate of drug-likeness (QED) is 0.154. The van der Waals surface area contributed by atoms with Gasteiger partial charge in [0, 0.05) is 18.3 Å². The molecule has 2 aromatic carbocycles. The molecule has 0 saturated heterocycles. The predicted molar refractivity (Wildman–Crippen MR) is 129 cm³/mol. The van der Waals surface area contributed by atoms with Gasteiger partial charge < -0.3 is 13.9 Å². The molecular weight excluding hydrogens is 454 g/mol. The lowest BCUT2D eigenvalue weighted by atomic mass is 9.95. The first-order valence-electron chi connectivity index (χ1n) is 11.1. The number of benzene rings is 2. The second-order valence-corrected chi connectivity index (χ2v) is 8.73. The van der Waals surface area contributed by atoms with Gasteiger partial charge in [0.1, 0.15) is 5.75 Å². The molecule has 1 fully saturated rings. The number of carbonyl (C=O) groups excluding carboxylic acids is 3. The molecule has 172 valence electrons. The van der Waals surface area contributed by atoms with Crippen molar-refractivity contribution in [2.75, 3.05) is 13.7 Å². The Morgan fingerprint density at radius 1 is 1.03 bits per heavy atom. The molecular formula is C27H22ClNO5. The van der Waals surface area contributed by atoms with Crippen LogP contribution < -0.4 is 4.74 Å². The smallest absolute Gasteiger partial charge is 0.343 e. The summed E-state index contributed by atoms with van der Waals surface area (Å²) in [5, 5.41) is 1.21. The Balaban J connectivity index is 1.74. The largest absolute Gasteiger partial charge is 0.480 e. The Morgan fingerprint density at radius 3 is 2.53 bits per heavy atom. The van der Waals surface area contributed by atoms with Gasteiger partial charge in [-0.05, 0) is 64.4 Å². The van der Waals surface area contributed by atoms with Crippen molar-refractivity contribution in [3.8, 4) is 5.75 Å². The number of nitrogens with zero attached hydrogens (tertiary/aromatic N) is 1. The predicted octanol–water partition coefficient (Wildman–Crippen LogP) is 5.06. The Kier molecular flexibility index (Phi) is 5.84. The second-order valence-electron chi connectivity index (χ2n) is 8.38. The second kappa shape index (κ2) is 8.95. The van der Waals surface area contributed by atoms with Crippen molar-refractivity contribution >= 4 is 44.9 Å². The van der Waals surface area contributed by atoms with E-state index in [1.54, 1.807) is 12.1 Å². The number of esters is 1. The summed E-state index contributed by atoms with van der Waals surface area (Å²) in [7, 11) is 1.28. The van der Waals surface area contributed by atoms with Crippen LogP contribution in [0.5, 0.6) is 5.75 Å². The van der Waals surface area contributed by atoms with E-state index in [1.807, 2.05) is 28.8 Å². The molecule has 0 radical (unpaired) electrons. The zero-order valence-electron chi connectivity index (χ0n) is 18.5. The minimum atomic E-state index is -1.05. The molecule has 0 spiro atoms. The Labute approximate surface area is 201 Å². The molecule has 0 bridgehead atoms. The average molecular weight is 476 g/mol. The topological polar surface area (TPSA) is 74.1 Å². The summed E-state index contributed by atoms with van der Waals surface area (Å²) in [6, 6.07) is 17.8. The van der Waals surface area contributed by atoms with Gasteiger partial charge in [-0.25, -0.2) is 4.79 Å². The normalized spacial score (nSPS) is 13.2. The maximum atomic E-state index is 13.1. The van der Waals surface area contributed by atoms with Crippen LogP contribution in [0.1, 0.15) is 45.9 Å². The molecule has 34 heavy (non-hydrogen) atoms. The molecule has 1 saturated carbocycles. The summed E-state index contributed by atoms with van der Waals surface area (Å²) in [6.07, 6.45) is 4.25. The van der Waals surface area contributed by atoms with Crippen molar-refractivity contribution in [2.24, 2.45) is 0 Å². The molecule has 1 aliphatic rings. The van der Waals surface area contributed by atoms with Crippen LogP contribution >= 0.6 is 11.6 Å². The number of pyridine rings is 1. The number of methoxy groups -OCH3 is 1. The number of ether oxygens (including phenoxy) is 2. The molecule has 0 atom stereocenters. The third-order valence-corrected chi connectivity index (χ3v) is 6.44. The fourth-order valence-corrected chi connectivity index (χ4v) is 4.71. The minimum Gasteiger partial charge on any atom is -0.480 e. The number of carbonyl (C=O) groups is 3. The maximum Gasteiger partial charge on any atom is 0.343 e. The van der Waals surface area contributed by atoms with Crippen molar-refractivity contribution in [1.29, 1.82) is 0 Å². The highest BCUT2D eigenvalue weighted by molar-refractivity contribution is 6.83. The fraction of sp³-hybridized carbons (Fsp3) is 0.222. The van der Waals surface area contributed by atoms with Gasteiger partial charge in [-0.1, -0.05) is 42.5 Å². The molecule has 1 aliphatic carbocycles. The highest BCUT2D eigenvalue weighted by atomic mass is 35.5. The van der Waals surface area contributed by atoms with E-state index in [4.69, 9.17) is 16.3 Å². The molecule has 0 amide bonds. The van der Waals surface area contributed by atoms with Crippen LogP contribution in [0.3, 0.4) is 0 Å². The molecule has 0 N–H and O–H groups in total. The number of aromatic nitrogens is 1. The number of halogens is 1. The molecule has 0 unspecified atom stereocenters. The van der Waals surface area contributed by atoms with Gasteiger partial charge >= 0.3 is 5.97 Å². The number of hydrogen-bond donors (Lipinski definition) is 0. The zero-order chi connectivity index (χ0) is 23.8. The van der Waals surface area contributed by atoms with Crippen LogP contribution in [0.2, 0.25) is 0 Å². The Bertz CT molecular complexity index is 1450. The van der Waals surface area contributed by atoms with E-state index in [1.165, 1.54) is 7.11 Å². The third kappa shape index (κ3) is 3.94. The van der Waals surface area contributed by atoms with Gasteiger partial charge in [0.2, 0.25) is 5.78 Å². The lowest BCUT2D eigenvalue weighted by Gasteiger charge is -2.11. The van der Waals surface area contributed by atoms with Crippen molar-refractivity contribution in [1.82, 2.24) is 4.40 Å². The van der Waals surface area contributed by atoms with Crippen molar-refractivity contribution in [2.45, 2.75) is 25.2 Å². The Morgan fingerprint density at radius 2 is 1.79 bits per heavy atom. The van der Waals surface area contributed by atoms with Gasteiger partial charge in [0.25, 0.3) is 5.24 Å². The standard InChI is InChI=1S/C27H22ClNO5/c1-33-22(30)15-34-21-10-5-13-29-20(14-18-8-4-7-16-6-2-3-9-19(16)18)23(17-11-12-17)24(25(21)29)26(31)27(28)32/h2-10,13,17H,11-12,14-15H2,1H3. The summed E-state index contributed by atoms with van der Waals surface area (Å²) in [6.45, 7) is -0.318. The van der Waals surface area contributed by atoms with Crippen molar-refractivity contribution in [3.05, 3.63) is 83.2 Å². The average Bonchev–Trinajstić information content (AvgIpc) is 3.64. The van der Waals surface area contributed by atoms with E-state index in [0.29, 0.717) is 17.7 Å². The SMILES string of the molecule is COC(=O)COc1cccn2c(Cc3cccc4ccccc34)c(C3CC3)c(C(=O)C(=O)Cl)c12. The highest BCUT2D eigenvalue weighted by Crippen LogP contribution is 2.47. The minimum absolute atomic E-state index is 0.160. The Hall–Kier alpha value is -3.64. The van der Waals surface area contributed by atoms with E-state index < -0.39 is 17.0 Å². The van der Waals surface area contributed by atoms with E-state index >= 15 is 0 Å². The molecule has 2 aromatic heterocycles. The van der Waals surface area contributed by atoms with Crippen molar-refractivity contribution in [3.63, 3.8) is 0 Å². The van der Waals surface area contributed by atoms with Crippen LogP contribution in [-0.4, -0.2) is 35.1 Å². The van der Waals surface area contributed by atoms with Crippen LogP contribution in [-0.2, 0) is 20.7 Å². The number of hydrogen-bond acceptors (Lipinski definition) is 5. The monoisotopic (exact) mass is 475 g/mol. The summed E-state index contributed by atoms with van der Waals surface area (Å²) in [5.41, 5.74) is 3.57. The number of rotatable bonds is 8. The molecule has 2 heterocycles. The van der Waals surface area contributed by atoms with Gasteiger partial charge in [0.15, 0.2) is 6.61 Å². The first-order valence-corrected chi connectivity index (χ1v) is 11.4. The molecule has 5 rings (SSSR count). The maximum absolute atomic E-state index is 13.1. The molecule has 4 aromatic rings. The number of ketones is 1. The first kappa shape index (κ1) is 22.2. The van der Waals surface area contributed by atoms with Gasteiger partial charge in [-0.2, -0.15) is 0 Å². The van der Waals surface area contributed by atoms with Gasteiger partial charge in [-0.15, -0.1) is 0 Å². The van der Waals surface area contributed by atoms with Gasteiger partial charge in [0.05, 0.1) is 18.2 Å². The zero-order valence-corrected chi connectivity index (χ0v) is 19.3. The fourth-order valence-electron chi connectivity index (χ4n) is 4.62. The lowest BCUT2D eigenvalue weighted by Crippen LogP contribution is -2.14. The van der Waals surface area contributed by atoms with E-state index in [2.05, 4.69) is 29.0 Å². The molecule has 0 aliphatic heterocycles. The van der Waals surface area contributed by atoms with Crippen LogP contribution in [0.4, 0.5) is 0 Å². The van der Waals surface area contributed by atoms with Crippen LogP contribution in [0.25, 0.3) is 16.3 Å². The first-order chi connectivity index (χ1) is 16.5. The van der Waals surface area contributed by atoms with Crippen molar-refractivity contribution < 1.29 is 23.9 Å². The molecule has 7 heteroatoms. The number of Topliss-reactive ketones (excluding diaryl/α,β-unsaturated/α-hetero) is 1. The summed E-state index contributed by atoms with van der Waals surface area (Å²) < 4.78 is 12.3. The van der Waals surface area contributed by atoms with E-state index in [9.17, 15) is 14.4 Å². The lowest BCUT2D eigenvalue weighted by molar-refractivity contribution is -0.142. The van der Waals surface area contributed by atoms with E-state index in [0.717, 1.165) is 40.4 Å². The van der Waals surface area contributed by atoms with Crippen LogP contribution in [0, 0.1) is 0 Å². The molecule has 6 nitrogen and oxygen atoms in total. The highest BCUT2D eigenvalue weighted by Gasteiger charge is 2.37. The summed E-state index contributed by atoms with van der Waals surface area (Å²) >= 11 is 5.70. The van der Waals surface area contributed by atoms with E-state index in [-0.39, 0.29) is 18.1 Å². The summed E-state index contributed by atoms with van der Waals surface area (Å²) in [5.74, 6) is -0.832. The number of fused-ring (bicyclic) bond motifs is 2.